The van der Waals surface area contributed by atoms with Gasteiger partial charge in [0.05, 0.1) is 11.9 Å². The SMILES string of the molecule is Cn1c(=O)c(C(=O)CCC(=O)O)c(O)c2ccc(Oc3cc(F)ccc3F)cc21. The van der Waals surface area contributed by atoms with E-state index in [1.165, 1.54) is 25.2 Å². The highest BCUT2D eigenvalue weighted by Crippen LogP contribution is 2.32. The van der Waals surface area contributed by atoms with E-state index in [0.29, 0.717) is 0 Å². The van der Waals surface area contributed by atoms with Crippen molar-refractivity contribution >= 4 is 22.7 Å². The minimum atomic E-state index is -1.21. The quantitative estimate of drug-likeness (QED) is 0.612. The molecule has 0 unspecified atom stereocenters. The van der Waals surface area contributed by atoms with E-state index in [1.54, 1.807) is 0 Å². The van der Waals surface area contributed by atoms with Gasteiger partial charge in [-0.25, -0.2) is 8.78 Å². The maximum atomic E-state index is 13.8. The molecular formula is C20H15F2NO6. The first kappa shape index (κ1) is 20.0. The van der Waals surface area contributed by atoms with Gasteiger partial charge in [0.2, 0.25) is 0 Å². The minimum Gasteiger partial charge on any atom is -0.506 e. The number of ketones is 1. The molecule has 0 aliphatic carbocycles. The van der Waals surface area contributed by atoms with Crippen LogP contribution in [-0.4, -0.2) is 26.5 Å². The van der Waals surface area contributed by atoms with Crippen molar-refractivity contribution in [2.24, 2.45) is 7.05 Å². The van der Waals surface area contributed by atoms with Gasteiger partial charge in [-0.05, 0) is 24.3 Å². The molecule has 0 aliphatic heterocycles. The molecule has 2 N–H and O–H groups in total. The molecule has 9 heteroatoms. The number of aromatic hydroxyl groups is 1. The Bertz CT molecular complexity index is 1200. The first-order valence-electron chi connectivity index (χ1n) is 8.42. The van der Waals surface area contributed by atoms with Crippen molar-refractivity contribution in [3.63, 3.8) is 0 Å². The average Bonchev–Trinajstić information content (AvgIpc) is 2.67. The van der Waals surface area contributed by atoms with Crippen molar-refractivity contribution in [1.82, 2.24) is 4.57 Å². The molecule has 1 aromatic heterocycles. The number of rotatable bonds is 6. The largest absolute Gasteiger partial charge is 0.506 e. The second-order valence-electron chi connectivity index (χ2n) is 6.26. The van der Waals surface area contributed by atoms with E-state index in [-0.39, 0.29) is 22.4 Å². The van der Waals surface area contributed by atoms with Crippen molar-refractivity contribution in [3.8, 4) is 17.2 Å². The van der Waals surface area contributed by atoms with Gasteiger partial charge < -0.3 is 19.5 Å². The lowest BCUT2D eigenvalue weighted by Crippen LogP contribution is -2.25. The first-order valence-corrected chi connectivity index (χ1v) is 8.42. The predicted molar refractivity (Wildman–Crippen MR) is 98.5 cm³/mol. The Morgan fingerprint density at radius 2 is 1.83 bits per heavy atom. The van der Waals surface area contributed by atoms with E-state index in [2.05, 4.69) is 0 Å². The number of fused-ring (bicyclic) bond motifs is 1. The molecule has 2 aromatic carbocycles. The van der Waals surface area contributed by atoms with Gasteiger partial charge in [-0.1, -0.05) is 0 Å². The Morgan fingerprint density at radius 3 is 2.52 bits per heavy atom. The molecule has 3 rings (SSSR count). The molecule has 0 bridgehead atoms. The highest BCUT2D eigenvalue weighted by Gasteiger charge is 2.22. The summed E-state index contributed by atoms with van der Waals surface area (Å²) >= 11 is 0. The summed E-state index contributed by atoms with van der Waals surface area (Å²) in [4.78, 5) is 35.4. The summed E-state index contributed by atoms with van der Waals surface area (Å²) in [5, 5.41) is 19.3. The number of pyridine rings is 1. The summed E-state index contributed by atoms with van der Waals surface area (Å²) in [5.41, 5.74) is -1.15. The molecule has 0 aliphatic rings. The van der Waals surface area contributed by atoms with Gasteiger partial charge in [0.25, 0.3) is 5.56 Å². The van der Waals surface area contributed by atoms with Crippen LogP contribution in [0.25, 0.3) is 10.9 Å². The topological polar surface area (TPSA) is 106 Å². The number of Topliss-reactive ketones (excluding diaryl/α,β-unsaturated/α-hetero) is 1. The lowest BCUT2D eigenvalue weighted by molar-refractivity contribution is -0.136. The van der Waals surface area contributed by atoms with Crippen LogP contribution >= 0.6 is 0 Å². The average molecular weight is 403 g/mol. The van der Waals surface area contributed by atoms with Crippen LogP contribution in [-0.2, 0) is 11.8 Å². The minimum absolute atomic E-state index is 0.0707. The summed E-state index contributed by atoms with van der Waals surface area (Å²) in [6.45, 7) is 0. The van der Waals surface area contributed by atoms with E-state index >= 15 is 0 Å². The number of carboxylic acid groups (broad SMARTS) is 1. The summed E-state index contributed by atoms with van der Waals surface area (Å²) in [6.07, 6.45) is -0.922. The number of halogens is 2. The molecule has 0 atom stereocenters. The zero-order valence-electron chi connectivity index (χ0n) is 15.1. The Labute approximate surface area is 162 Å². The molecule has 0 radical (unpaired) electrons. The van der Waals surface area contributed by atoms with Gasteiger partial charge in [-0.3, -0.25) is 14.4 Å². The second kappa shape index (κ2) is 7.70. The number of aliphatic carboxylic acids is 1. The molecule has 0 saturated heterocycles. The molecule has 0 fully saturated rings. The number of ether oxygens (including phenoxy) is 1. The number of hydrogen-bond donors (Lipinski definition) is 2. The van der Waals surface area contributed by atoms with Gasteiger partial charge in [0.15, 0.2) is 17.3 Å². The highest BCUT2D eigenvalue weighted by atomic mass is 19.1. The Morgan fingerprint density at radius 1 is 1.10 bits per heavy atom. The van der Waals surface area contributed by atoms with Crippen molar-refractivity contribution < 1.29 is 33.3 Å². The van der Waals surface area contributed by atoms with Crippen LogP contribution < -0.4 is 10.3 Å². The molecule has 150 valence electrons. The van der Waals surface area contributed by atoms with E-state index in [9.17, 15) is 28.3 Å². The second-order valence-corrected chi connectivity index (χ2v) is 6.26. The third kappa shape index (κ3) is 3.93. The molecule has 3 aromatic rings. The van der Waals surface area contributed by atoms with Crippen molar-refractivity contribution in [1.29, 1.82) is 0 Å². The van der Waals surface area contributed by atoms with Crippen LogP contribution in [0.15, 0.2) is 41.2 Å². The van der Waals surface area contributed by atoms with E-state index in [0.717, 1.165) is 22.8 Å². The Hall–Kier alpha value is -3.75. The molecule has 0 saturated carbocycles. The van der Waals surface area contributed by atoms with Crippen LogP contribution in [0.3, 0.4) is 0 Å². The third-order valence-electron chi connectivity index (χ3n) is 4.31. The summed E-state index contributed by atoms with van der Waals surface area (Å²) in [6, 6.07) is 6.73. The van der Waals surface area contributed by atoms with Crippen molar-refractivity contribution in [2.45, 2.75) is 12.8 Å². The van der Waals surface area contributed by atoms with E-state index in [1.807, 2.05) is 0 Å². The number of carboxylic acids is 1. The molecule has 7 nitrogen and oxygen atoms in total. The number of benzene rings is 2. The number of aryl methyl sites for hydroxylation is 1. The van der Waals surface area contributed by atoms with E-state index in [4.69, 9.17) is 9.84 Å². The first-order chi connectivity index (χ1) is 13.7. The van der Waals surface area contributed by atoms with Gasteiger partial charge in [0.1, 0.15) is 22.9 Å². The monoisotopic (exact) mass is 403 g/mol. The maximum absolute atomic E-state index is 13.8. The van der Waals surface area contributed by atoms with Gasteiger partial charge >= 0.3 is 5.97 Å². The lowest BCUT2D eigenvalue weighted by Gasteiger charge is -2.13. The maximum Gasteiger partial charge on any atom is 0.303 e. The highest BCUT2D eigenvalue weighted by molar-refractivity contribution is 6.04. The molecule has 0 spiro atoms. The number of hydrogen-bond acceptors (Lipinski definition) is 5. The van der Waals surface area contributed by atoms with Crippen LogP contribution in [0, 0.1) is 11.6 Å². The summed E-state index contributed by atoms with van der Waals surface area (Å²) in [5.74, 6) is -4.36. The number of carbonyl (C=O) groups is 2. The zero-order chi connectivity index (χ0) is 21.3. The molecule has 1 heterocycles. The lowest BCUT2D eigenvalue weighted by atomic mass is 10.0. The van der Waals surface area contributed by atoms with E-state index < -0.39 is 53.1 Å². The Kier molecular flexibility index (Phi) is 5.31. The molecule has 29 heavy (non-hydrogen) atoms. The third-order valence-corrected chi connectivity index (χ3v) is 4.31. The molecule has 0 amide bonds. The van der Waals surface area contributed by atoms with Crippen LogP contribution in [0.4, 0.5) is 8.78 Å². The molecular weight excluding hydrogens is 388 g/mol. The van der Waals surface area contributed by atoms with Gasteiger partial charge in [-0.15, -0.1) is 0 Å². The summed E-state index contributed by atoms with van der Waals surface area (Å²) in [7, 11) is 1.35. The fraction of sp³-hybridized carbons (Fsp3) is 0.150. The van der Waals surface area contributed by atoms with Gasteiger partial charge in [-0.2, -0.15) is 0 Å². The fourth-order valence-electron chi connectivity index (χ4n) is 2.84. The number of carbonyl (C=O) groups excluding carboxylic acids is 1. The van der Waals surface area contributed by atoms with Gasteiger partial charge in [0, 0.05) is 31.0 Å². The summed E-state index contributed by atoms with van der Waals surface area (Å²) < 4.78 is 33.5. The predicted octanol–water partition coefficient (Wildman–Crippen LogP) is 3.36. The fourth-order valence-corrected chi connectivity index (χ4v) is 2.84. The number of aromatic nitrogens is 1. The zero-order valence-corrected chi connectivity index (χ0v) is 15.1. The van der Waals surface area contributed by atoms with Crippen LogP contribution in [0.2, 0.25) is 0 Å². The smallest absolute Gasteiger partial charge is 0.303 e. The van der Waals surface area contributed by atoms with Crippen LogP contribution in [0.1, 0.15) is 23.2 Å². The van der Waals surface area contributed by atoms with Crippen molar-refractivity contribution in [2.75, 3.05) is 0 Å². The number of nitrogens with zero attached hydrogens (tertiary/aromatic N) is 1. The standard InChI is InChI=1S/C20H15F2NO6/c1-23-14-9-11(29-16-8-10(21)2-5-13(16)22)3-4-12(14)19(27)18(20(23)28)15(24)6-7-17(25)26/h2-5,8-9,27H,6-7H2,1H3,(H,25,26). The van der Waals surface area contributed by atoms with Crippen molar-refractivity contribution in [3.05, 3.63) is 63.9 Å². The normalized spacial score (nSPS) is 10.9. The Balaban J connectivity index is 2.06. The van der Waals surface area contributed by atoms with Crippen LogP contribution in [0.5, 0.6) is 17.2 Å².